The van der Waals surface area contributed by atoms with Gasteiger partial charge in [-0.2, -0.15) is 0 Å². The quantitative estimate of drug-likeness (QED) is 0.178. The summed E-state index contributed by atoms with van der Waals surface area (Å²) in [4.78, 5) is 0. The number of fused-ring (bicyclic) bond motifs is 1. The van der Waals surface area contributed by atoms with Crippen LogP contribution in [0.2, 0.25) is 0 Å². The Bertz CT molecular complexity index is 945. The molecule has 3 aromatic carbocycles. The molecule has 0 heterocycles. The maximum absolute atomic E-state index is 2.48. The molecule has 0 bridgehead atoms. The molecule has 0 aromatic heterocycles. The number of hydrogen-bond acceptors (Lipinski definition) is 0. The fourth-order valence-corrected chi connectivity index (χ4v) is 5.05. The van der Waals surface area contributed by atoms with Crippen LogP contribution in [0.1, 0.15) is 114 Å². The molecule has 34 heavy (non-hydrogen) atoms. The van der Waals surface area contributed by atoms with Crippen molar-refractivity contribution < 1.29 is 0 Å². The van der Waals surface area contributed by atoms with Gasteiger partial charge in [0.05, 0.1) is 0 Å². The molecule has 0 aliphatic carbocycles. The molecular weight excluding hydrogens is 408 g/mol. The van der Waals surface area contributed by atoms with E-state index in [0.29, 0.717) is 0 Å². The highest BCUT2D eigenvalue weighted by molar-refractivity contribution is 5.97. The zero-order chi connectivity index (χ0) is 23.7. The van der Waals surface area contributed by atoms with Crippen LogP contribution < -0.4 is 0 Å². The van der Waals surface area contributed by atoms with Gasteiger partial charge in [-0.3, -0.25) is 0 Å². The first-order valence-electron chi connectivity index (χ1n) is 14.1. The van der Waals surface area contributed by atoms with E-state index in [4.69, 9.17) is 0 Å². The predicted molar refractivity (Wildman–Crippen MR) is 152 cm³/mol. The summed E-state index contributed by atoms with van der Waals surface area (Å²) in [6.45, 7) is 2.30. The highest BCUT2D eigenvalue weighted by Gasteiger charge is 2.08. The van der Waals surface area contributed by atoms with Gasteiger partial charge in [-0.1, -0.05) is 169 Å². The van der Waals surface area contributed by atoms with Crippen LogP contribution in [0.5, 0.6) is 0 Å². The van der Waals surface area contributed by atoms with E-state index >= 15 is 0 Å². The van der Waals surface area contributed by atoms with Crippen molar-refractivity contribution in [3.8, 4) is 0 Å². The van der Waals surface area contributed by atoms with Crippen molar-refractivity contribution in [3.05, 3.63) is 90.0 Å². The molecule has 0 heteroatoms. The normalized spacial score (nSPS) is 11.9. The van der Waals surface area contributed by atoms with E-state index < -0.39 is 0 Å². The van der Waals surface area contributed by atoms with Gasteiger partial charge in [0.2, 0.25) is 0 Å². The smallest absolute Gasteiger partial charge is 0.0103 e. The highest BCUT2D eigenvalue weighted by Crippen LogP contribution is 2.30. The molecule has 0 saturated heterocycles. The van der Waals surface area contributed by atoms with Crippen LogP contribution in [0.25, 0.3) is 16.3 Å². The second-order valence-electron chi connectivity index (χ2n) is 9.90. The Morgan fingerprint density at radius 1 is 0.529 bits per heavy atom. The van der Waals surface area contributed by atoms with Gasteiger partial charge >= 0.3 is 0 Å². The van der Waals surface area contributed by atoms with Crippen LogP contribution in [-0.2, 0) is 0 Å². The third-order valence-electron chi connectivity index (χ3n) is 7.07. The van der Waals surface area contributed by atoms with Crippen molar-refractivity contribution >= 4 is 16.3 Å². The highest BCUT2D eigenvalue weighted by atomic mass is 14.1. The Kier molecular flexibility index (Phi) is 12.6. The fraction of sp³-hybridized carbons (Fsp3) is 0.471. The number of benzene rings is 3. The maximum atomic E-state index is 2.48. The van der Waals surface area contributed by atoms with E-state index in [-0.39, 0.29) is 0 Å². The zero-order valence-electron chi connectivity index (χ0n) is 21.6. The van der Waals surface area contributed by atoms with E-state index in [9.17, 15) is 0 Å². The third-order valence-corrected chi connectivity index (χ3v) is 7.07. The largest absolute Gasteiger partial charge is 0.0760 e. The first-order chi connectivity index (χ1) is 16.9. The van der Waals surface area contributed by atoms with E-state index in [1.165, 1.54) is 117 Å². The topological polar surface area (TPSA) is 0 Å². The van der Waals surface area contributed by atoms with Crippen molar-refractivity contribution in [2.24, 2.45) is 0 Å². The molecule has 0 fully saturated rings. The summed E-state index contributed by atoms with van der Waals surface area (Å²) in [6.07, 6.45) is 23.4. The van der Waals surface area contributed by atoms with Crippen LogP contribution in [0.4, 0.5) is 0 Å². The van der Waals surface area contributed by atoms with Crippen molar-refractivity contribution in [2.75, 3.05) is 0 Å². The summed E-state index contributed by atoms with van der Waals surface area (Å²) in [7, 11) is 0. The van der Waals surface area contributed by atoms with Crippen molar-refractivity contribution in [1.82, 2.24) is 0 Å². The van der Waals surface area contributed by atoms with Crippen LogP contribution >= 0.6 is 0 Å². The second kappa shape index (κ2) is 16.3. The number of rotatable bonds is 17. The fourth-order valence-electron chi connectivity index (χ4n) is 5.05. The van der Waals surface area contributed by atoms with Gasteiger partial charge in [-0.05, 0) is 40.3 Å². The predicted octanol–water partition coefficient (Wildman–Crippen LogP) is 11.1. The summed E-state index contributed by atoms with van der Waals surface area (Å²) >= 11 is 0. The molecule has 0 spiro atoms. The average Bonchev–Trinajstić information content (AvgIpc) is 2.89. The van der Waals surface area contributed by atoms with Gasteiger partial charge in [0.1, 0.15) is 0 Å². The molecule has 0 atom stereocenters. The van der Waals surface area contributed by atoms with Crippen molar-refractivity contribution in [1.29, 1.82) is 0 Å². The van der Waals surface area contributed by atoms with Crippen LogP contribution in [-0.4, -0.2) is 0 Å². The van der Waals surface area contributed by atoms with E-state index in [2.05, 4.69) is 85.8 Å². The van der Waals surface area contributed by atoms with Gasteiger partial charge in [0.15, 0.2) is 0 Å². The van der Waals surface area contributed by atoms with Gasteiger partial charge in [0, 0.05) is 0 Å². The molecule has 0 aliphatic rings. The Labute approximate surface area is 209 Å². The Morgan fingerprint density at radius 2 is 1.06 bits per heavy atom. The van der Waals surface area contributed by atoms with Gasteiger partial charge < -0.3 is 0 Å². The molecule has 0 N–H and O–H groups in total. The lowest BCUT2D eigenvalue weighted by molar-refractivity contribution is 0.536. The summed E-state index contributed by atoms with van der Waals surface area (Å²) < 4.78 is 0. The Morgan fingerprint density at radius 3 is 1.71 bits per heavy atom. The maximum Gasteiger partial charge on any atom is -0.0103 e. The van der Waals surface area contributed by atoms with E-state index in [0.717, 1.165) is 6.42 Å². The first-order valence-corrected chi connectivity index (χ1v) is 14.1. The minimum absolute atomic E-state index is 1.16. The molecular formula is C34H46. The molecule has 3 rings (SSSR count). The summed E-state index contributed by atoms with van der Waals surface area (Å²) in [5.41, 5.74) is 4.06. The molecule has 182 valence electrons. The molecule has 3 aromatic rings. The summed E-state index contributed by atoms with van der Waals surface area (Å²) in [6, 6.07) is 26.4. The van der Waals surface area contributed by atoms with Crippen LogP contribution in [0, 0.1) is 0 Å². The molecule has 0 nitrogen and oxygen atoms in total. The number of unbranched alkanes of at least 4 members (excludes halogenated alkanes) is 14. The monoisotopic (exact) mass is 454 g/mol. The Hall–Kier alpha value is -2.34. The zero-order valence-corrected chi connectivity index (χ0v) is 21.6. The lowest BCUT2D eigenvalue weighted by Gasteiger charge is -2.12. The minimum Gasteiger partial charge on any atom is -0.0760 e. The van der Waals surface area contributed by atoms with Gasteiger partial charge in [-0.15, -0.1) is 0 Å². The van der Waals surface area contributed by atoms with Gasteiger partial charge in [0.25, 0.3) is 0 Å². The first kappa shape index (κ1) is 26.3. The summed E-state index contributed by atoms with van der Waals surface area (Å²) in [5.74, 6) is 0. The van der Waals surface area contributed by atoms with Gasteiger partial charge in [-0.25, -0.2) is 0 Å². The Balaban J connectivity index is 1.39. The van der Waals surface area contributed by atoms with Crippen molar-refractivity contribution in [3.63, 3.8) is 0 Å². The molecule has 0 unspecified atom stereocenters. The third kappa shape index (κ3) is 9.13. The second-order valence-corrected chi connectivity index (χ2v) is 9.90. The minimum atomic E-state index is 1.16. The lowest BCUT2D eigenvalue weighted by atomic mass is 9.92. The number of hydrogen-bond donors (Lipinski definition) is 0. The van der Waals surface area contributed by atoms with Crippen LogP contribution in [0.3, 0.4) is 0 Å². The SMILES string of the molecule is CCCCCCCCCCCCCCCCC=C(c1ccccc1)c1cccc2ccccc12. The van der Waals surface area contributed by atoms with E-state index in [1.807, 2.05) is 0 Å². The number of allylic oxidation sites excluding steroid dienone is 1. The molecule has 0 radical (unpaired) electrons. The standard InChI is InChI=1S/C34H46/c1-2-3-4-5-6-7-8-9-10-11-12-13-14-15-19-27-32(30-23-17-16-18-24-30)34-29-22-26-31-25-20-21-28-33(31)34/h16-18,20-29H,2-15,19H2,1H3. The average molecular weight is 455 g/mol. The van der Waals surface area contributed by atoms with Crippen LogP contribution in [0.15, 0.2) is 78.9 Å². The van der Waals surface area contributed by atoms with E-state index in [1.54, 1.807) is 0 Å². The molecule has 0 amide bonds. The lowest BCUT2D eigenvalue weighted by Crippen LogP contribution is -1.90. The summed E-state index contributed by atoms with van der Waals surface area (Å²) in [5, 5.41) is 2.67. The molecule has 0 aliphatic heterocycles. The molecule has 0 saturated carbocycles. The van der Waals surface area contributed by atoms with Crippen molar-refractivity contribution in [2.45, 2.75) is 103 Å².